The fraction of sp³-hybridized carbons (Fsp3) is 0.188. The summed E-state index contributed by atoms with van der Waals surface area (Å²) in [5.74, 6) is 0.424. The zero-order chi connectivity index (χ0) is 11.8. The Balaban J connectivity index is 2.19. The van der Waals surface area contributed by atoms with Crippen LogP contribution in [0.2, 0.25) is 0 Å². The predicted molar refractivity (Wildman–Crippen MR) is 69.1 cm³/mol. The Morgan fingerprint density at radius 3 is 2.41 bits per heavy atom. The summed E-state index contributed by atoms with van der Waals surface area (Å²) in [4.78, 5) is 12.0. The van der Waals surface area contributed by atoms with Crippen LogP contribution in [0.5, 0.6) is 0 Å². The highest BCUT2D eigenvalue weighted by Crippen LogP contribution is 2.34. The molecule has 0 heterocycles. The zero-order valence-corrected chi connectivity index (χ0v) is 9.81. The molecule has 0 fully saturated rings. The lowest BCUT2D eigenvalue weighted by atomic mass is 9.97. The highest BCUT2D eigenvalue weighted by atomic mass is 16.1. The van der Waals surface area contributed by atoms with Crippen molar-refractivity contribution in [2.45, 2.75) is 13.3 Å². The maximum Gasteiger partial charge on any atom is 0.166 e. The van der Waals surface area contributed by atoms with Gasteiger partial charge in [-0.05, 0) is 23.1 Å². The summed E-state index contributed by atoms with van der Waals surface area (Å²) >= 11 is 0. The van der Waals surface area contributed by atoms with Crippen LogP contribution >= 0.6 is 0 Å². The fourth-order valence-corrected chi connectivity index (χ4v) is 2.59. The van der Waals surface area contributed by atoms with Crippen LogP contribution in [0.25, 0.3) is 11.1 Å². The summed E-state index contributed by atoms with van der Waals surface area (Å²) < 4.78 is 0. The van der Waals surface area contributed by atoms with Gasteiger partial charge in [0.05, 0.1) is 0 Å². The molecule has 1 aliphatic rings. The minimum Gasteiger partial charge on any atom is -0.294 e. The minimum atomic E-state index is 0.134. The van der Waals surface area contributed by atoms with Crippen molar-refractivity contribution in [2.24, 2.45) is 5.92 Å². The summed E-state index contributed by atoms with van der Waals surface area (Å²) in [7, 11) is 0. The lowest BCUT2D eigenvalue weighted by molar-refractivity contribution is 0.0946. The number of hydrogen-bond acceptors (Lipinski definition) is 1. The molecule has 2 aromatic carbocycles. The van der Waals surface area contributed by atoms with E-state index in [2.05, 4.69) is 18.2 Å². The smallest absolute Gasteiger partial charge is 0.166 e. The molecular formula is C16H14O. The summed E-state index contributed by atoms with van der Waals surface area (Å²) in [6.07, 6.45) is 0.874. The average Bonchev–Trinajstić information content (AvgIpc) is 2.67. The van der Waals surface area contributed by atoms with E-state index in [1.807, 2.05) is 37.3 Å². The number of fused-ring (bicyclic) bond motifs is 1. The first-order valence-electron chi connectivity index (χ1n) is 5.99. The van der Waals surface area contributed by atoms with Crippen LogP contribution in [-0.4, -0.2) is 5.78 Å². The fourth-order valence-electron chi connectivity index (χ4n) is 2.59. The van der Waals surface area contributed by atoms with Crippen LogP contribution in [0.1, 0.15) is 22.8 Å². The third-order valence-corrected chi connectivity index (χ3v) is 3.48. The van der Waals surface area contributed by atoms with E-state index in [0.717, 1.165) is 12.0 Å². The molecule has 2 aromatic rings. The van der Waals surface area contributed by atoms with E-state index < -0.39 is 0 Å². The number of carbonyl (C=O) groups is 1. The molecular weight excluding hydrogens is 208 g/mol. The van der Waals surface area contributed by atoms with Crippen molar-refractivity contribution in [2.75, 3.05) is 0 Å². The van der Waals surface area contributed by atoms with E-state index in [1.165, 1.54) is 16.7 Å². The molecule has 0 amide bonds. The van der Waals surface area contributed by atoms with Gasteiger partial charge in [0.25, 0.3) is 0 Å². The molecule has 0 radical (unpaired) electrons. The maximum absolute atomic E-state index is 12.0. The Kier molecular flexibility index (Phi) is 2.32. The molecule has 0 saturated heterocycles. The van der Waals surface area contributed by atoms with Crippen LogP contribution in [0.15, 0.2) is 48.5 Å². The van der Waals surface area contributed by atoms with Gasteiger partial charge in [0.15, 0.2) is 5.78 Å². The predicted octanol–water partition coefficient (Wildman–Crippen LogP) is 3.73. The van der Waals surface area contributed by atoms with Gasteiger partial charge in [-0.25, -0.2) is 0 Å². The molecule has 1 atom stereocenters. The van der Waals surface area contributed by atoms with E-state index in [-0.39, 0.29) is 11.7 Å². The van der Waals surface area contributed by atoms with Crippen molar-refractivity contribution in [3.8, 4) is 11.1 Å². The summed E-state index contributed by atoms with van der Waals surface area (Å²) in [5.41, 5.74) is 4.54. The molecule has 17 heavy (non-hydrogen) atoms. The van der Waals surface area contributed by atoms with Crippen LogP contribution in [0, 0.1) is 5.92 Å². The number of hydrogen-bond donors (Lipinski definition) is 0. The van der Waals surface area contributed by atoms with Crippen molar-refractivity contribution in [3.05, 3.63) is 59.7 Å². The van der Waals surface area contributed by atoms with Gasteiger partial charge in [-0.2, -0.15) is 0 Å². The maximum atomic E-state index is 12.0. The third-order valence-electron chi connectivity index (χ3n) is 3.48. The summed E-state index contributed by atoms with van der Waals surface area (Å²) in [5, 5.41) is 0. The van der Waals surface area contributed by atoms with E-state index in [4.69, 9.17) is 0 Å². The molecule has 1 heteroatoms. The van der Waals surface area contributed by atoms with Crippen LogP contribution in [0.4, 0.5) is 0 Å². The highest BCUT2D eigenvalue weighted by molar-refractivity contribution is 6.03. The van der Waals surface area contributed by atoms with Crippen molar-refractivity contribution in [1.29, 1.82) is 0 Å². The van der Waals surface area contributed by atoms with Crippen LogP contribution in [0.3, 0.4) is 0 Å². The topological polar surface area (TPSA) is 17.1 Å². The second kappa shape index (κ2) is 3.85. The Bertz CT molecular complexity index is 569. The molecule has 1 aliphatic carbocycles. The monoisotopic (exact) mass is 222 g/mol. The van der Waals surface area contributed by atoms with Gasteiger partial charge >= 0.3 is 0 Å². The third kappa shape index (κ3) is 1.59. The Morgan fingerprint density at radius 2 is 1.65 bits per heavy atom. The van der Waals surface area contributed by atoms with Gasteiger partial charge in [-0.3, -0.25) is 4.79 Å². The molecule has 0 saturated carbocycles. The highest BCUT2D eigenvalue weighted by Gasteiger charge is 2.28. The summed E-state index contributed by atoms with van der Waals surface area (Å²) in [6, 6.07) is 16.3. The van der Waals surface area contributed by atoms with Gasteiger partial charge in [-0.1, -0.05) is 55.5 Å². The van der Waals surface area contributed by atoms with Crippen molar-refractivity contribution < 1.29 is 4.79 Å². The molecule has 0 bridgehead atoms. The van der Waals surface area contributed by atoms with E-state index in [0.29, 0.717) is 0 Å². The molecule has 0 aliphatic heterocycles. The van der Waals surface area contributed by atoms with Gasteiger partial charge in [0.2, 0.25) is 0 Å². The normalized spacial score (nSPS) is 18.2. The SMILES string of the molecule is C[C@@H]1Cc2c(cccc2-c2ccccc2)C1=O. The lowest BCUT2D eigenvalue weighted by Gasteiger charge is -2.07. The number of rotatable bonds is 1. The molecule has 1 nitrogen and oxygen atoms in total. The second-order valence-electron chi connectivity index (χ2n) is 4.67. The number of benzene rings is 2. The van der Waals surface area contributed by atoms with Crippen molar-refractivity contribution >= 4 is 5.78 Å². The molecule has 0 N–H and O–H groups in total. The van der Waals surface area contributed by atoms with Gasteiger partial charge in [0, 0.05) is 11.5 Å². The Morgan fingerprint density at radius 1 is 0.941 bits per heavy atom. The minimum absolute atomic E-state index is 0.134. The van der Waals surface area contributed by atoms with Crippen molar-refractivity contribution in [1.82, 2.24) is 0 Å². The molecule has 84 valence electrons. The van der Waals surface area contributed by atoms with E-state index >= 15 is 0 Å². The van der Waals surface area contributed by atoms with Gasteiger partial charge in [0.1, 0.15) is 0 Å². The Hall–Kier alpha value is -1.89. The van der Waals surface area contributed by atoms with Gasteiger partial charge < -0.3 is 0 Å². The number of carbonyl (C=O) groups excluding carboxylic acids is 1. The zero-order valence-electron chi connectivity index (χ0n) is 9.81. The summed E-state index contributed by atoms with van der Waals surface area (Å²) in [6.45, 7) is 2.01. The molecule has 0 aromatic heterocycles. The average molecular weight is 222 g/mol. The largest absolute Gasteiger partial charge is 0.294 e. The molecule has 3 rings (SSSR count). The van der Waals surface area contributed by atoms with Crippen LogP contribution < -0.4 is 0 Å². The quantitative estimate of drug-likeness (QED) is 0.718. The van der Waals surface area contributed by atoms with E-state index in [9.17, 15) is 4.79 Å². The second-order valence-corrected chi connectivity index (χ2v) is 4.67. The number of Topliss-reactive ketones (excluding diaryl/α,β-unsaturated/α-hetero) is 1. The molecule has 0 spiro atoms. The van der Waals surface area contributed by atoms with Crippen molar-refractivity contribution in [3.63, 3.8) is 0 Å². The first-order valence-corrected chi connectivity index (χ1v) is 5.99. The lowest BCUT2D eigenvalue weighted by Crippen LogP contribution is -2.02. The first-order chi connectivity index (χ1) is 8.27. The van der Waals surface area contributed by atoms with Gasteiger partial charge in [-0.15, -0.1) is 0 Å². The number of ketones is 1. The van der Waals surface area contributed by atoms with Crippen LogP contribution in [-0.2, 0) is 6.42 Å². The van der Waals surface area contributed by atoms with E-state index in [1.54, 1.807) is 0 Å². The standard InChI is InChI=1S/C16H14O/c1-11-10-15-13(12-6-3-2-4-7-12)8-5-9-14(15)16(11)17/h2-9,11H,10H2,1H3/t11-/m1/s1. The Labute approximate surface area is 101 Å². The molecule has 0 unspecified atom stereocenters. The first kappa shape index (κ1) is 10.3.